The van der Waals surface area contributed by atoms with Crippen molar-refractivity contribution in [2.24, 2.45) is 5.92 Å². The molecule has 1 saturated heterocycles. The summed E-state index contributed by atoms with van der Waals surface area (Å²) in [7, 11) is 0. The predicted molar refractivity (Wildman–Crippen MR) is 97.7 cm³/mol. The fourth-order valence-electron chi connectivity index (χ4n) is 3.11. The van der Waals surface area contributed by atoms with Crippen molar-refractivity contribution in [3.05, 3.63) is 12.2 Å². The summed E-state index contributed by atoms with van der Waals surface area (Å²) in [5.41, 5.74) is 0. The fourth-order valence-corrected chi connectivity index (χ4v) is 3.11. The van der Waals surface area contributed by atoms with Crippen LogP contribution in [0.3, 0.4) is 0 Å². The Morgan fingerprint density at radius 2 is 2.08 bits per heavy atom. The topological polar surface area (TPSA) is 60.8 Å². The number of hydrogen-bond donors (Lipinski definition) is 2. The van der Waals surface area contributed by atoms with Gasteiger partial charge in [-0.05, 0) is 51.6 Å². The minimum atomic E-state index is -0.697. The second-order valence-electron chi connectivity index (χ2n) is 6.79. The third kappa shape index (κ3) is 8.52. The summed E-state index contributed by atoms with van der Waals surface area (Å²) in [6.07, 6.45) is 11.1. The second kappa shape index (κ2) is 12.1. The van der Waals surface area contributed by atoms with Gasteiger partial charge < -0.3 is 10.2 Å². The van der Waals surface area contributed by atoms with Gasteiger partial charge >= 0.3 is 5.97 Å². The number of rotatable bonds is 11. The summed E-state index contributed by atoms with van der Waals surface area (Å²) >= 11 is 0. The highest BCUT2D eigenvalue weighted by Crippen LogP contribution is 2.20. The van der Waals surface area contributed by atoms with Crippen LogP contribution >= 0.6 is 0 Å². The van der Waals surface area contributed by atoms with Gasteiger partial charge in [-0.25, -0.2) is 0 Å². The highest BCUT2D eigenvalue weighted by atomic mass is 16.4. The first-order chi connectivity index (χ1) is 11.5. The van der Waals surface area contributed by atoms with Crippen LogP contribution in [-0.4, -0.2) is 46.3 Å². The molecule has 1 heterocycles. The molecule has 2 N–H and O–H groups in total. The van der Waals surface area contributed by atoms with E-state index in [9.17, 15) is 9.90 Å². The highest BCUT2D eigenvalue weighted by Gasteiger charge is 2.22. The quantitative estimate of drug-likeness (QED) is 0.345. The van der Waals surface area contributed by atoms with E-state index in [1.165, 1.54) is 6.42 Å². The van der Waals surface area contributed by atoms with Crippen LogP contribution in [0.1, 0.15) is 65.2 Å². The molecule has 4 heteroatoms. The average molecular weight is 335 g/mol. The third-order valence-electron chi connectivity index (χ3n) is 4.71. The Kier molecular flexibility index (Phi) is 10.5. The number of aliphatic hydroxyl groups excluding tert-OH is 1. The van der Waals surface area contributed by atoms with E-state index in [1.54, 1.807) is 0 Å². The highest BCUT2D eigenvalue weighted by molar-refractivity contribution is 5.66. The number of aliphatic hydroxyl groups is 1. The Hall–Kier alpha value is -1.31. The van der Waals surface area contributed by atoms with Gasteiger partial charge in [-0.1, -0.05) is 31.9 Å². The maximum Gasteiger partial charge on any atom is 0.303 e. The van der Waals surface area contributed by atoms with Gasteiger partial charge in [-0.3, -0.25) is 9.69 Å². The standard InChI is InChI=1S/C20H33NO3/c1-3-4-10-17(2)19(22)14-13-18-11-9-16-21(18)15-8-6-5-7-12-20(23)24/h13-14,17-19,22H,5-12,15-16H2,1-2H3,(H,23,24)/b14-13+/t17?,18-,19-/m1/s1. The van der Waals surface area contributed by atoms with Crippen molar-refractivity contribution in [2.75, 3.05) is 13.1 Å². The molecule has 1 aliphatic heterocycles. The summed E-state index contributed by atoms with van der Waals surface area (Å²) in [5.74, 6) is 5.37. The second-order valence-corrected chi connectivity index (χ2v) is 6.79. The van der Waals surface area contributed by atoms with Crippen LogP contribution in [0.25, 0.3) is 0 Å². The van der Waals surface area contributed by atoms with E-state index in [-0.39, 0.29) is 12.3 Å². The number of hydrogen-bond acceptors (Lipinski definition) is 3. The molecular formula is C20H33NO3. The monoisotopic (exact) mass is 335 g/mol. The van der Waals surface area contributed by atoms with Crippen LogP contribution in [0, 0.1) is 17.8 Å². The van der Waals surface area contributed by atoms with Gasteiger partial charge in [0.1, 0.15) is 0 Å². The van der Waals surface area contributed by atoms with Gasteiger partial charge in [0.15, 0.2) is 0 Å². The van der Waals surface area contributed by atoms with Gasteiger partial charge in [0, 0.05) is 18.9 Å². The van der Waals surface area contributed by atoms with Crippen molar-refractivity contribution in [3.8, 4) is 11.8 Å². The number of carbonyl (C=O) groups is 1. The van der Waals surface area contributed by atoms with Gasteiger partial charge in [-0.2, -0.15) is 0 Å². The Labute approximate surface area is 146 Å². The summed E-state index contributed by atoms with van der Waals surface area (Å²) in [6.45, 7) is 6.04. The lowest BCUT2D eigenvalue weighted by Crippen LogP contribution is -2.29. The van der Waals surface area contributed by atoms with Crippen molar-refractivity contribution < 1.29 is 15.0 Å². The summed E-state index contributed by atoms with van der Waals surface area (Å²) in [4.78, 5) is 13.0. The number of carboxylic acids is 1. The largest absolute Gasteiger partial charge is 0.481 e. The number of nitrogens with zero attached hydrogens (tertiary/aromatic N) is 1. The summed E-state index contributed by atoms with van der Waals surface area (Å²) in [6, 6.07) is 0.433. The van der Waals surface area contributed by atoms with Crippen LogP contribution < -0.4 is 0 Å². The van der Waals surface area contributed by atoms with E-state index in [0.717, 1.165) is 51.6 Å². The minimum Gasteiger partial charge on any atom is -0.481 e. The van der Waals surface area contributed by atoms with Crippen LogP contribution in [0.5, 0.6) is 0 Å². The molecule has 1 fully saturated rings. The smallest absolute Gasteiger partial charge is 0.303 e. The lowest BCUT2D eigenvalue weighted by atomic mass is 10.00. The molecule has 0 bridgehead atoms. The van der Waals surface area contributed by atoms with Crippen LogP contribution in [-0.2, 0) is 4.79 Å². The van der Waals surface area contributed by atoms with Gasteiger partial charge in [0.25, 0.3) is 0 Å². The van der Waals surface area contributed by atoms with E-state index in [1.807, 2.05) is 19.9 Å². The van der Waals surface area contributed by atoms with Crippen molar-refractivity contribution >= 4 is 5.97 Å². The molecule has 0 amide bonds. The third-order valence-corrected chi connectivity index (χ3v) is 4.71. The molecule has 24 heavy (non-hydrogen) atoms. The Bertz CT molecular complexity index is 450. The van der Waals surface area contributed by atoms with E-state index < -0.39 is 12.1 Å². The zero-order valence-corrected chi connectivity index (χ0v) is 15.2. The normalized spacial score (nSPS) is 20.7. The fraction of sp³-hybridized carbons (Fsp3) is 0.750. The van der Waals surface area contributed by atoms with Crippen LogP contribution in [0.2, 0.25) is 0 Å². The van der Waals surface area contributed by atoms with Crippen LogP contribution in [0.15, 0.2) is 12.2 Å². The van der Waals surface area contributed by atoms with Gasteiger partial charge in [0.05, 0.1) is 6.10 Å². The lowest BCUT2D eigenvalue weighted by molar-refractivity contribution is -0.137. The maximum atomic E-state index is 10.5. The first-order valence-electron chi connectivity index (χ1n) is 9.26. The molecule has 1 aliphatic rings. The molecule has 1 rings (SSSR count). The molecule has 3 atom stereocenters. The Morgan fingerprint density at radius 3 is 2.79 bits per heavy atom. The predicted octanol–water partition coefficient (Wildman–Crippen LogP) is 3.45. The SMILES string of the molecule is CC#CCC(C)[C@H](O)/C=C/[C@H]1CCCN1CCCCCCC(=O)O. The van der Waals surface area contributed by atoms with Crippen LogP contribution in [0.4, 0.5) is 0 Å². The molecule has 0 radical (unpaired) electrons. The van der Waals surface area contributed by atoms with Crippen molar-refractivity contribution in [1.82, 2.24) is 4.90 Å². The molecule has 136 valence electrons. The Morgan fingerprint density at radius 1 is 1.33 bits per heavy atom. The van der Waals surface area contributed by atoms with E-state index >= 15 is 0 Å². The van der Waals surface area contributed by atoms with E-state index in [2.05, 4.69) is 22.8 Å². The zero-order chi connectivity index (χ0) is 17.8. The van der Waals surface area contributed by atoms with E-state index in [4.69, 9.17) is 5.11 Å². The lowest BCUT2D eigenvalue weighted by Gasteiger charge is -2.22. The molecular weight excluding hydrogens is 302 g/mol. The minimum absolute atomic E-state index is 0.165. The molecule has 1 unspecified atom stereocenters. The van der Waals surface area contributed by atoms with Gasteiger partial charge in [0.2, 0.25) is 0 Å². The molecule has 0 aromatic carbocycles. The summed E-state index contributed by atoms with van der Waals surface area (Å²) < 4.78 is 0. The zero-order valence-electron chi connectivity index (χ0n) is 15.2. The van der Waals surface area contributed by atoms with Crippen molar-refractivity contribution in [2.45, 2.75) is 77.4 Å². The number of likely N-dealkylation sites (tertiary alicyclic amines) is 1. The maximum absolute atomic E-state index is 10.5. The average Bonchev–Trinajstić information content (AvgIpc) is 3.00. The Balaban J connectivity index is 2.27. The van der Waals surface area contributed by atoms with E-state index in [0.29, 0.717) is 6.04 Å². The molecule has 0 saturated carbocycles. The first kappa shape index (κ1) is 20.7. The number of carboxylic acid groups (broad SMARTS) is 1. The van der Waals surface area contributed by atoms with Crippen molar-refractivity contribution in [1.29, 1.82) is 0 Å². The first-order valence-corrected chi connectivity index (χ1v) is 9.26. The molecule has 0 aromatic rings. The molecule has 0 spiro atoms. The van der Waals surface area contributed by atoms with Crippen molar-refractivity contribution in [3.63, 3.8) is 0 Å². The van der Waals surface area contributed by atoms with Gasteiger partial charge in [-0.15, -0.1) is 11.8 Å². The number of aliphatic carboxylic acids is 1. The molecule has 4 nitrogen and oxygen atoms in total. The number of unbranched alkanes of at least 4 members (excludes halogenated alkanes) is 3. The molecule has 0 aliphatic carbocycles. The molecule has 0 aromatic heterocycles. The summed E-state index contributed by atoms with van der Waals surface area (Å²) in [5, 5.41) is 18.8.